The van der Waals surface area contributed by atoms with Gasteiger partial charge in [0.25, 0.3) is 0 Å². The van der Waals surface area contributed by atoms with Gasteiger partial charge in [-0.15, -0.1) is 0 Å². The molecule has 0 unspecified atom stereocenters. The molecule has 1 amide bonds. The monoisotopic (exact) mass is 274 g/mol. The Kier molecular flexibility index (Phi) is 5.87. The molecule has 1 aromatic carbocycles. The van der Waals surface area contributed by atoms with Crippen molar-refractivity contribution in [2.24, 2.45) is 5.73 Å². The van der Waals surface area contributed by atoms with E-state index in [-0.39, 0.29) is 17.0 Å². The maximum absolute atomic E-state index is 11.8. The van der Waals surface area contributed by atoms with Crippen molar-refractivity contribution in [3.63, 3.8) is 0 Å². The quantitative estimate of drug-likeness (QED) is 0.846. The van der Waals surface area contributed by atoms with Crippen molar-refractivity contribution in [3.8, 4) is 12.1 Å². The summed E-state index contributed by atoms with van der Waals surface area (Å²) < 4.78 is 0. The van der Waals surface area contributed by atoms with Crippen LogP contribution in [-0.4, -0.2) is 24.0 Å². The average Bonchev–Trinajstić information content (AvgIpc) is 2.44. The van der Waals surface area contributed by atoms with Gasteiger partial charge in [0.2, 0.25) is 5.91 Å². The van der Waals surface area contributed by atoms with Crippen molar-refractivity contribution in [1.82, 2.24) is 0 Å². The highest BCUT2D eigenvalue weighted by Gasteiger charge is 2.13. The Balaban J connectivity index is 2.76. The van der Waals surface area contributed by atoms with E-state index >= 15 is 0 Å². The first-order chi connectivity index (χ1) is 9.12. The molecule has 1 aromatic rings. The molecular formula is C13H14N4OS. The van der Waals surface area contributed by atoms with Crippen LogP contribution in [0.4, 0.5) is 5.69 Å². The summed E-state index contributed by atoms with van der Waals surface area (Å²) >= 11 is 1.63. The highest BCUT2D eigenvalue weighted by Crippen LogP contribution is 2.15. The molecule has 0 aromatic heterocycles. The summed E-state index contributed by atoms with van der Waals surface area (Å²) in [5, 5.41) is 20.3. The molecule has 0 aliphatic rings. The molecule has 0 heterocycles. The molecule has 0 fully saturated rings. The number of nitriles is 2. The number of hydrogen-bond donors (Lipinski definition) is 2. The van der Waals surface area contributed by atoms with E-state index in [2.05, 4.69) is 5.32 Å². The van der Waals surface area contributed by atoms with Crippen molar-refractivity contribution >= 4 is 23.4 Å². The van der Waals surface area contributed by atoms with Crippen molar-refractivity contribution in [2.75, 3.05) is 17.3 Å². The second kappa shape index (κ2) is 7.42. The van der Waals surface area contributed by atoms with Crippen LogP contribution < -0.4 is 11.1 Å². The van der Waals surface area contributed by atoms with E-state index in [1.165, 1.54) is 12.1 Å². The summed E-state index contributed by atoms with van der Waals surface area (Å²) in [5.74, 6) is 0.522. The minimum Gasteiger partial charge on any atom is -0.325 e. The lowest BCUT2D eigenvalue weighted by atomic mass is 10.1. The number of nitrogens with two attached hydrogens (primary N) is 1. The first-order valence-corrected chi connectivity index (χ1v) is 7.01. The van der Waals surface area contributed by atoms with Crippen LogP contribution >= 0.6 is 11.8 Å². The van der Waals surface area contributed by atoms with Crippen LogP contribution in [0.25, 0.3) is 0 Å². The topological polar surface area (TPSA) is 103 Å². The van der Waals surface area contributed by atoms with Gasteiger partial charge in [-0.25, -0.2) is 0 Å². The van der Waals surface area contributed by atoms with E-state index in [0.29, 0.717) is 12.1 Å². The fraction of sp³-hybridized carbons (Fsp3) is 0.308. The molecule has 0 aliphatic heterocycles. The normalized spacial score (nSPS) is 11.2. The Morgan fingerprint density at radius 2 is 2.11 bits per heavy atom. The highest BCUT2D eigenvalue weighted by atomic mass is 32.2. The van der Waals surface area contributed by atoms with Gasteiger partial charge in [0.05, 0.1) is 17.2 Å². The number of nitrogens with zero attached hydrogens (tertiary/aromatic N) is 2. The van der Waals surface area contributed by atoms with Gasteiger partial charge in [-0.05, 0) is 36.6 Å². The molecule has 0 spiro atoms. The van der Waals surface area contributed by atoms with Gasteiger partial charge in [0.1, 0.15) is 12.1 Å². The second-order valence-corrected chi connectivity index (χ2v) is 4.85. The Labute approximate surface area is 116 Å². The van der Waals surface area contributed by atoms with Crippen LogP contribution in [0.1, 0.15) is 17.5 Å². The van der Waals surface area contributed by atoms with E-state index in [9.17, 15) is 4.79 Å². The number of carbonyl (C=O) groups is 1. The molecule has 3 N–H and O–H groups in total. The number of hydrogen-bond acceptors (Lipinski definition) is 5. The van der Waals surface area contributed by atoms with Crippen molar-refractivity contribution in [3.05, 3.63) is 29.3 Å². The lowest BCUT2D eigenvalue weighted by Gasteiger charge is -2.11. The SMILES string of the molecule is CSCC[C@H](N)C(=O)Nc1ccc(C#N)c(C#N)c1. The third-order valence-corrected chi connectivity index (χ3v) is 3.14. The minimum absolute atomic E-state index is 0.234. The fourth-order valence-electron chi connectivity index (χ4n) is 1.42. The molecule has 5 nitrogen and oxygen atoms in total. The lowest BCUT2D eigenvalue weighted by Crippen LogP contribution is -2.36. The molecule has 0 aliphatic carbocycles. The number of nitrogens with one attached hydrogen (secondary N) is 1. The highest BCUT2D eigenvalue weighted by molar-refractivity contribution is 7.98. The van der Waals surface area contributed by atoms with Crippen LogP contribution in [0.3, 0.4) is 0 Å². The largest absolute Gasteiger partial charge is 0.325 e. The average molecular weight is 274 g/mol. The zero-order chi connectivity index (χ0) is 14.3. The zero-order valence-corrected chi connectivity index (χ0v) is 11.3. The standard InChI is InChI=1S/C13H14N4OS/c1-19-5-4-12(16)13(18)17-11-3-2-9(7-14)10(6-11)8-15/h2-3,6,12H,4-5,16H2,1H3,(H,17,18)/t12-/m0/s1. The van der Waals surface area contributed by atoms with Gasteiger partial charge in [0.15, 0.2) is 0 Å². The number of benzene rings is 1. The third kappa shape index (κ3) is 4.29. The maximum atomic E-state index is 11.8. The van der Waals surface area contributed by atoms with Crippen molar-refractivity contribution in [1.29, 1.82) is 10.5 Å². The maximum Gasteiger partial charge on any atom is 0.241 e. The van der Waals surface area contributed by atoms with Crippen LogP contribution in [0.2, 0.25) is 0 Å². The molecule has 0 saturated carbocycles. The smallest absolute Gasteiger partial charge is 0.241 e. The number of anilines is 1. The Morgan fingerprint density at radius 1 is 1.42 bits per heavy atom. The van der Waals surface area contributed by atoms with E-state index in [4.69, 9.17) is 16.3 Å². The van der Waals surface area contributed by atoms with Gasteiger partial charge in [-0.3, -0.25) is 4.79 Å². The molecule has 1 rings (SSSR count). The predicted molar refractivity (Wildman–Crippen MR) is 75.5 cm³/mol. The number of amides is 1. The van der Waals surface area contributed by atoms with Crippen molar-refractivity contribution < 1.29 is 4.79 Å². The first kappa shape index (κ1) is 15.0. The second-order valence-electron chi connectivity index (χ2n) is 3.86. The van der Waals surface area contributed by atoms with E-state index < -0.39 is 6.04 Å². The Bertz CT molecular complexity index is 545. The zero-order valence-electron chi connectivity index (χ0n) is 10.5. The predicted octanol–water partition coefficient (Wildman–Crippen LogP) is 1.45. The molecule has 0 bridgehead atoms. The van der Waals surface area contributed by atoms with Gasteiger partial charge >= 0.3 is 0 Å². The summed E-state index contributed by atoms with van der Waals surface area (Å²) in [6.45, 7) is 0. The first-order valence-electron chi connectivity index (χ1n) is 5.62. The van der Waals surface area contributed by atoms with Gasteiger partial charge in [0, 0.05) is 5.69 Å². The Hall–Kier alpha value is -2.02. The van der Waals surface area contributed by atoms with E-state index in [1.54, 1.807) is 17.8 Å². The number of thioether (sulfide) groups is 1. The number of rotatable bonds is 5. The molecule has 0 radical (unpaired) electrons. The van der Waals surface area contributed by atoms with E-state index in [0.717, 1.165) is 5.75 Å². The van der Waals surface area contributed by atoms with Crippen LogP contribution in [0.15, 0.2) is 18.2 Å². The van der Waals surface area contributed by atoms with E-state index in [1.807, 2.05) is 18.4 Å². The summed E-state index contributed by atoms with van der Waals surface area (Å²) in [5.41, 5.74) is 6.73. The molecule has 1 atom stereocenters. The molecular weight excluding hydrogens is 260 g/mol. The fourth-order valence-corrected chi connectivity index (χ4v) is 1.91. The molecule has 19 heavy (non-hydrogen) atoms. The summed E-state index contributed by atoms with van der Waals surface area (Å²) in [7, 11) is 0. The minimum atomic E-state index is -0.575. The summed E-state index contributed by atoms with van der Waals surface area (Å²) in [6.07, 6.45) is 2.54. The third-order valence-electron chi connectivity index (χ3n) is 2.50. The molecule has 98 valence electrons. The summed E-state index contributed by atoms with van der Waals surface area (Å²) in [6, 6.07) is 7.81. The van der Waals surface area contributed by atoms with Crippen molar-refractivity contribution in [2.45, 2.75) is 12.5 Å². The molecule has 6 heteroatoms. The lowest BCUT2D eigenvalue weighted by molar-refractivity contribution is -0.117. The van der Waals surface area contributed by atoms with Crippen LogP contribution in [-0.2, 0) is 4.79 Å². The van der Waals surface area contributed by atoms with Gasteiger partial charge in [-0.1, -0.05) is 0 Å². The van der Waals surface area contributed by atoms with Gasteiger partial charge in [-0.2, -0.15) is 22.3 Å². The van der Waals surface area contributed by atoms with Crippen LogP contribution in [0, 0.1) is 22.7 Å². The summed E-state index contributed by atoms with van der Waals surface area (Å²) in [4.78, 5) is 11.8. The van der Waals surface area contributed by atoms with Gasteiger partial charge < -0.3 is 11.1 Å². The molecule has 0 saturated heterocycles. The number of carbonyl (C=O) groups excluding carboxylic acids is 1. The Morgan fingerprint density at radius 3 is 2.68 bits per heavy atom. The van der Waals surface area contributed by atoms with Crippen LogP contribution in [0.5, 0.6) is 0 Å².